The minimum absolute atomic E-state index is 0.255. The Morgan fingerprint density at radius 1 is 1.00 bits per heavy atom. The predicted octanol–water partition coefficient (Wildman–Crippen LogP) is 1.92. The highest BCUT2D eigenvalue weighted by molar-refractivity contribution is 5.86. The molecule has 0 saturated carbocycles. The van der Waals surface area contributed by atoms with Gasteiger partial charge in [0.2, 0.25) is 5.95 Å². The zero-order chi connectivity index (χ0) is 12.4. The maximum absolute atomic E-state index is 11.2. The summed E-state index contributed by atoms with van der Waals surface area (Å²) in [5, 5.41) is 0. The van der Waals surface area contributed by atoms with Gasteiger partial charge in [0, 0.05) is 30.9 Å². The van der Waals surface area contributed by atoms with Gasteiger partial charge in [-0.05, 0) is 5.56 Å². The number of rotatable bonds is 2. The van der Waals surface area contributed by atoms with E-state index in [9.17, 15) is 4.79 Å². The normalized spacial score (nSPS) is 15.1. The summed E-state index contributed by atoms with van der Waals surface area (Å²) in [5.74, 6) is 0.895. The highest BCUT2D eigenvalue weighted by atomic mass is 16.1. The van der Waals surface area contributed by atoms with E-state index in [2.05, 4.69) is 9.97 Å². The molecule has 1 saturated heterocycles. The lowest BCUT2D eigenvalue weighted by molar-refractivity contribution is -0.116. The molecule has 4 heteroatoms. The van der Waals surface area contributed by atoms with Crippen LogP contribution in [0.4, 0.5) is 5.95 Å². The third kappa shape index (κ3) is 2.09. The van der Waals surface area contributed by atoms with Crippen molar-refractivity contribution in [2.45, 2.75) is 6.42 Å². The second-order valence-electron chi connectivity index (χ2n) is 4.35. The van der Waals surface area contributed by atoms with Crippen molar-refractivity contribution in [3.8, 4) is 11.1 Å². The summed E-state index contributed by atoms with van der Waals surface area (Å²) in [6.07, 6.45) is 4.21. The summed E-state index contributed by atoms with van der Waals surface area (Å²) < 4.78 is 0. The fourth-order valence-corrected chi connectivity index (χ4v) is 2.07. The van der Waals surface area contributed by atoms with Crippen LogP contribution in [0.1, 0.15) is 6.42 Å². The van der Waals surface area contributed by atoms with Crippen molar-refractivity contribution in [3.05, 3.63) is 42.7 Å². The second kappa shape index (κ2) is 4.56. The number of hydrogen-bond donors (Lipinski definition) is 0. The first-order valence-electron chi connectivity index (χ1n) is 5.97. The first-order valence-corrected chi connectivity index (χ1v) is 5.97. The van der Waals surface area contributed by atoms with E-state index in [1.54, 1.807) is 12.4 Å². The van der Waals surface area contributed by atoms with E-state index >= 15 is 0 Å². The maximum atomic E-state index is 11.2. The van der Waals surface area contributed by atoms with Gasteiger partial charge in [0.15, 0.2) is 5.78 Å². The minimum Gasteiger partial charge on any atom is -0.333 e. The van der Waals surface area contributed by atoms with Crippen molar-refractivity contribution in [2.24, 2.45) is 0 Å². The molecule has 3 rings (SSSR count). The molecule has 1 fully saturated rings. The van der Waals surface area contributed by atoms with Gasteiger partial charge < -0.3 is 4.90 Å². The molecule has 18 heavy (non-hydrogen) atoms. The van der Waals surface area contributed by atoms with Crippen LogP contribution in [0.25, 0.3) is 11.1 Å². The first kappa shape index (κ1) is 10.9. The van der Waals surface area contributed by atoms with Crippen molar-refractivity contribution in [1.29, 1.82) is 0 Å². The lowest BCUT2D eigenvalue weighted by atomic mass is 10.1. The number of aromatic nitrogens is 2. The quantitative estimate of drug-likeness (QED) is 0.803. The number of nitrogens with zero attached hydrogens (tertiary/aromatic N) is 3. The molecule has 0 N–H and O–H groups in total. The number of carbonyl (C=O) groups excluding carboxylic acids is 1. The summed E-state index contributed by atoms with van der Waals surface area (Å²) in [4.78, 5) is 21.8. The van der Waals surface area contributed by atoms with Crippen molar-refractivity contribution < 1.29 is 4.79 Å². The van der Waals surface area contributed by atoms with Gasteiger partial charge in [-0.1, -0.05) is 30.3 Å². The third-order valence-corrected chi connectivity index (χ3v) is 3.06. The molecule has 0 atom stereocenters. The average Bonchev–Trinajstić information content (AvgIpc) is 2.87. The zero-order valence-electron chi connectivity index (χ0n) is 9.91. The van der Waals surface area contributed by atoms with Crippen LogP contribution in [0.5, 0.6) is 0 Å². The fraction of sp³-hybridized carbons (Fsp3) is 0.214. The maximum Gasteiger partial charge on any atom is 0.225 e. The molecule has 1 aliphatic heterocycles. The molecule has 2 aromatic rings. The minimum atomic E-state index is 0.255. The summed E-state index contributed by atoms with van der Waals surface area (Å²) in [6.45, 7) is 1.16. The molecule has 4 nitrogen and oxygen atoms in total. The Hall–Kier alpha value is -2.23. The molecule has 1 aromatic carbocycles. The standard InChI is InChI=1S/C14H13N3O/c18-13-6-7-17(10-13)14-15-8-12(9-16-14)11-4-2-1-3-5-11/h1-5,8-9H,6-7,10H2. The van der Waals surface area contributed by atoms with Crippen molar-refractivity contribution in [1.82, 2.24) is 9.97 Å². The zero-order valence-corrected chi connectivity index (χ0v) is 9.91. The van der Waals surface area contributed by atoms with E-state index in [1.807, 2.05) is 35.2 Å². The molecule has 1 aliphatic rings. The molecular weight excluding hydrogens is 226 g/mol. The van der Waals surface area contributed by atoms with E-state index < -0.39 is 0 Å². The van der Waals surface area contributed by atoms with Gasteiger partial charge in [-0.25, -0.2) is 9.97 Å². The molecule has 2 heterocycles. The van der Waals surface area contributed by atoms with Gasteiger partial charge in [0.05, 0.1) is 6.54 Å². The van der Waals surface area contributed by atoms with Crippen LogP contribution in [0.3, 0.4) is 0 Å². The van der Waals surface area contributed by atoms with E-state index in [1.165, 1.54) is 0 Å². The second-order valence-corrected chi connectivity index (χ2v) is 4.35. The Kier molecular flexibility index (Phi) is 2.76. The van der Waals surface area contributed by atoms with Crippen LogP contribution >= 0.6 is 0 Å². The molecule has 0 spiro atoms. The van der Waals surface area contributed by atoms with Gasteiger partial charge in [0.25, 0.3) is 0 Å². The van der Waals surface area contributed by atoms with E-state index in [4.69, 9.17) is 0 Å². The molecule has 1 aromatic heterocycles. The summed E-state index contributed by atoms with van der Waals surface area (Å²) in [7, 11) is 0. The smallest absolute Gasteiger partial charge is 0.225 e. The number of benzene rings is 1. The van der Waals surface area contributed by atoms with E-state index in [-0.39, 0.29) is 5.78 Å². The Bertz CT molecular complexity index is 551. The van der Waals surface area contributed by atoms with Crippen LogP contribution in [0.2, 0.25) is 0 Å². The van der Waals surface area contributed by atoms with Crippen LogP contribution in [-0.4, -0.2) is 28.8 Å². The Balaban J connectivity index is 1.83. The van der Waals surface area contributed by atoms with Gasteiger partial charge in [0.1, 0.15) is 0 Å². The number of ketones is 1. The van der Waals surface area contributed by atoms with Crippen molar-refractivity contribution >= 4 is 11.7 Å². The third-order valence-electron chi connectivity index (χ3n) is 3.06. The summed E-state index contributed by atoms with van der Waals surface area (Å²) in [5.41, 5.74) is 2.09. The molecular formula is C14H13N3O. The topological polar surface area (TPSA) is 46.1 Å². The van der Waals surface area contributed by atoms with Gasteiger partial charge >= 0.3 is 0 Å². The van der Waals surface area contributed by atoms with Gasteiger partial charge in [-0.3, -0.25) is 4.79 Å². The Labute approximate surface area is 105 Å². The van der Waals surface area contributed by atoms with Crippen molar-refractivity contribution in [2.75, 3.05) is 18.0 Å². The van der Waals surface area contributed by atoms with Gasteiger partial charge in [-0.2, -0.15) is 0 Å². The summed E-state index contributed by atoms with van der Waals surface area (Å²) >= 11 is 0. The first-order chi connectivity index (χ1) is 8.83. The number of anilines is 1. The monoisotopic (exact) mass is 239 g/mol. The lowest BCUT2D eigenvalue weighted by Gasteiger charge is -2.13. The van der Waals surface area contributed by atoms with Crippen LogP contribution in [0.15, 0.2) is 42.7 Å². The SMILES string of the molecule is O=C1CCN(c2ncc(-c3ccccc3)cn2)C1. The van der Waals surface area contributed by atoms with Gasteiger partial charge in [-0.15, -0.1) is 0 Å². The molecule has 0 bridgehead atoms. The molecule has 0 radical (unpaired) electrons. The van der Waals surface area contributed by atoms with Crippen LogP contribution < -0.4 is 4.90 Å². The number of carbonyl (C=O) groups is 1. The Morgan fingerprint density at radius 3 is 2.33 bits per heavy atom. The molecule has 0 unspecified atom stereocenters. The van der Waals surface area contributed by atoms with Crippen LogP contribution in [0, 0.1) is 0 Å². The highest BCUT2D eigenvalue weighted by Gasteiger charge is 2.21. The Morgan fingerprint density at radius 2 is 1.72 bits per heavy atom. The number of hydrogen-bond acceptors (Lipinski definition) is 4. The van der Waals surface area contributed by atoms with Crippen molar-refractivity contribution in [3.63, 3.8) is 0 Å². The largest absolute Gasteiger partial charge is 0.333 e. The lowest BCUT2D eigenvalue weighted by Crippen LogP contribution is -2.21. The van der Waals surface area contributed by atoms with E-state index in [0.717, 1.165) is 17.7 Å². The highest BCUT2D eigenvalue weighted by Crippen LogP contribution is 2.19. The molecule has 0 aliphatic carbocycles. The van der Waals surface area contributed by atoms with Crippen LogP contribution in [-0.2, 0) is 4.79 Å². The fourth-order valence-electron chi connectivity index (χ4n) is 2.07. The predicted molar refractivity (Wildman–Crippen MR) is 69.3 cm³/mol. The molecule has 0 amide bonds. The molecule has 90 valence electrons. The number of Topliss-reactive ketones (excluding diaryl/α,β-unsaturated/α-hetero) is 1. The summed E-state index contributed by atoms with van der Waals surface area (Å²) in [6, 6.07) is 10.0. The average molecular weight is 239 g/mol. The van der Waals surface area contributed by atoms with E-state index in [0.29, 0.717) is 18.9 Å².